The molecular formula is C27H39NS. The predicted octanol–water partition coefficient (Wildman–Crippen LogP) is 8.85. The van der Waals surface area contributed by atoms with Crippen LogP contribution in [-0.2, 0) is 10.8 Å². The van der Waals surface area contributed by atoms with Crippen LogP contribution >= 0.6 is 11.8 Å². The van der Waals surface area contributed by atoms with Crippen molar-refractivity contribution in [3.63, 3.8) is 0 Å². The Hall–Kier alpha value is -1.41. The van der Waals surface area contributed by atoms with Crippen LogP contribution in [0.1, 0.15) is 92.2 Å². The predicted molar refractivity (Wildman–Crippen MR) is 130 cm³/mol. The molecular weight excluding hydrogens is 370 g/mol. The first kappa shape index (κ1) is 22.3. The molecule has 0 atom stereocenters. The lowest BCUT2D eigenvalue weighted by Crippen LogP contribution is -2.29. The Morgan fingerprint density at radius 2 is 1.10 bits per heavy atom. The maximum Gasteiger partial charge on any atom is 0.0555 e. The molecule has 0 spiro atoms. The van der Waals surface area contributed by atoms with Crippen LogP contribution in [0.5, 0.6) is 0 Å². The molecule has 0 fully saturated rings. The van der Waals surface area contributed by atoms with Gasteiger partial charge in [-0.05, 0) is 85.8 Å². The highest BCUT2D eigenvalue weighted by atomic mass is 32.2. The van der Waals surface area contributed by atoms with Crippen molar-refractivity contribution in [1.82, 2.24) is 0 Å². The highest BCUT2D eigenvalue weighted by molar-refractivity contribution is 7.99. The van der Waals surface area contributed by atoms with Crippen LogP contribution in [-0.4, -0.2) is 6.04 Å². The third-order valence-electron chi connectivity index (χ3n) is 7.69. The van der Waals surface area contributed by atoms with Crippen LogP contribution in [0.3, 0.4) is 0 Å². The van der Waals surface area contributed by atoms with E-state index >= 15 is 0 Å². The molecule has 1 aliphatic heterocycles. The maximum atomic E-state index is 2.53. The van der Waals surface area contributed by atoms with Gasteiger partial charge in [0.1, 0.15) is 0 Å². The standard InChI is InChI=1S/C27H39NS/c1-9-26(7,10-2)20-13-15-22-24(17-20)29-25-18-21(27(8,11-3)12-4)14-16-23(25)28(22)19(5)6/h13-19H,9-12H2,1-8H3. The molecule has 0 saturated carbocycles. The monoisotopic (exact) mass is 409 g/mol. The molecule has 0 amide bonds. The number of hydrogen-bond donors (Lipinski definition) is 0. The summed E-state index contributed by atoms with van der Waals surface area (Å²) in [6.45, 7) is 18.7. The Bertz CT molecular complexity index is 791. The highest BCUT2D eigenvalue weighted by Gasteiger charge is 2.30. The van der Waals surface area contributed by atoms with E-state index in [0.29, 0.717) is 6.04 Å². The van der Waals surface area contributed by atoms with E-state index in [0.717, 1.165) is 0 Å². The molecule has 1 nitrogen and oxygen atoms in total. The van der Waals surface area contributed by atoms with Gasteiger partial charge in [-0.3, -0.25) is 0 Å². The van der Waals surface area contributed by atoms with Crippen molar-refractivity contribution in [3.05, 3.63) is 47.5 Å². The fourth-order valence-corrected chi connectivity index (χ4v) is 5.61. The zero-order chi connectivity index (χ0) is 21.4. The van der Waals surface area contributed by atoms with Crippen molar-refractivity contribution in [2.24, 2.45) is 0 Å². The molecule has 158 valence electrons. The molecule has 1 heterocycles. The van der Waals surface area contributed by atoms with E-state index in [1.807, 2.05) is 11.8 Å². The molecule has 2 aromatic carbocycles. The van der Waals surface area contributed by atoms with E-state index in [1.165, 1.54) is 58.0 Å². The minimum absolute atomic E-state index is 0.253. The first-order chi connectivity index (χ1) is 13.7. The molecule has 0 N–H and O–H groups in total. The summed E-state index contributed by atoms with van der Waals surface area (Å²) in [5.74, 6) is 0. The second kappa shape index (κ2) is 8.38. The van der Waals surface area contributed by atoms with Crippen molar-refractivity contribution in [1.29, 1.82) is 0 Å². The van der Waals surface area contributed by atoms with Gasteiger partial charge in [0.2, 0.25) is 0 Å². The molecule has 0 aromatic heterocycles. The minimum Gasteiger partial charge on any atom is -0.337 e. The number of benzene rings is 2. The van der Waals surface area contributed by atoms with Gasteiger partial charge in [0.15, 0.2) is 0 Å². The smallest absolute Gasteiger partial charge is 0.0555 e. The normalized spacial score (nSPS) is 14.2. The van der Waals surface area contributed by atoms with Crippen LogP contribution in [0.2, 0.25) is 0 Å². The van der Waals surface area contributed by atoms with E-state index in [2.05, 4.69) is 96.7 Å². The van der Waals surface area contributed by atoms with Crippen molar-refractivity contribution >= 4 is 23.1 Å². The van der Waals surface area contributed by atoms with E-state index in [1.54, 1.807) is 0 Å². The number of anilines is 2. The second-order valence-electron chi connectivity index (χ2n) is 9.47. The second-order valence-corrected chi connectivity index (χ2v) is 10.6. The third kappa shape index (κ3) is 3.85. The first-order valence-electron chi connectivity index (χ1n) is 11.5. The molecule has 1 aliphatic rings. The lowest BCUT2D eigenvalue weighted by atomic mass is 9.77. The number of nitrogens with zero attached hydrogens (tertiary/aromatic N) is 1. The quantitative estimate of drug-likeness (QED) is 0.449. The van der Waals surface area contributed by atoms with Crippen LogP contribution in [0.15, 0.2) is 46.2 Å². The van der Waals surface area contributed by atoms with E-state index in [-0.39, 0.29) is 10.8 Å². The molecule has 2 aromatic rings. The number of rotatable bonds is 7. The Balaban J connectivity index is 2.12. The first-order valence-corrected chi connectivity index (χ1v) is 12.3. The number of hydrogen-bond acceptors (Lipinski definition) is 2. The highest BCUT2D eigenvalue weighted by Crippen LogP contribution is 2.51. The zero-order valence-electron chi connectivity index (χ0n) is 19.7. The van der Waals surface area contributed by atoms with Gasteiger partial charge >= 0.3 is 0 Å². The zero-order valence-corrected chi connectivity index (χ0v) is 20.5. The van der Waals surface area contributed by atoms with Crippen molar-refractivity contribution in [2.45, 2.75) is 108 Å². The van der Waals surface area contributed by atoms with Crippen molar-refractivity contribution in [2.75, 3.05) is 4.90 Å². The Morgan fingerprint density at radius 3 is 1.41 bits per heavy atom. The van der Waals surface area contributed by atoms with Gasteiger partial charge in [-0.1, -0.05) is 65.4 Å². The van der Waals surface area contributed by atoms with E-state index in [9.17, 15) is 0 Å². The topological polar surface area (TPSA) is 3.24 Å². The summed E-state index contributed by atoms with van der Waals surface area (Å²) in [6, 6.07) is 14.8. The lowest BCUT2D eigenvalue weighted by Gasteiger charge is -2.38. The van der Waals surface area contributed by atoms with Gasteiger partial charge in [0.05, 0.1) is 11.4 Å². The molecule has 0 unspecified atom stereocenters. The Labute approximate surface area is 183 Å². The van der Waals surface area contributed by atoms with Crippen LogP contribution in [0, 0.1) is 0 Å². The molecule has 3 rings (SSSR count). The molecule has 0 saturated heterocycles. The molecule has 29 heavy (non-hydrogen) atoms. The van der Waals surface area contributed by atoms with Crippen LogP contribution in [0.25, 0.3) is 0 Å². The largest absolute Gasteiger partial charge is 0.337 e. The summed E-state index contributed by atoms with van der Waals surface area (Å²) in [4.78, 5) is 5.34. The van der Waals surface area contributed by atoms with Gasteiger partial charge < -0.3 is 4.90 Å². The van der Waals surface area contributed by atoms with Crippen molar-refractivity contribution < 1.29 is 0 Å². The maximum absolute atomic E-state index is 2.53. The van der Waals surface area contributed by atoms with Gasteiger partial charge in [0.25, 0.3) is 0 Å². The molecule has 2 heteroatoms. The fraction of sp³-hybridized carbons (Fsp3) is 0.556. The van der Waals surface area contributed by atoms with E-state index < -0.39 is 0 Å². The fourth-order valence-electron chi connectivity index (χ4n) is 4.46. The van der Waals surface area contributed by atoms with E-state index in [4.69, 9.17) is 0 Å². The summed E-state index contributed by atoms with van der Waals surface area (Å²) in [5.41, 5.74) is 6.18. The number of fused-ring (bicyclic) bond motifs is 2. The molecule has 0 aliphatic carbocycles. The summed E-state index contributed by atoms with van der Waals surface area (Å²) >= 11 is 1.96. The SMILES string of the molecule is CCC(C)(CC)c1ccc2c(c1)Sc1cc(C(C)(CC)CC)ccc1N2C(C)C. The van der Waals surface area contributed by atoms with Crippen molar-refractivity contribution in [3.8, 4) is 0 Å². The summed E-state index contributed by atoms with van der Waals surface area (Å²) in [6.07, 6.45) is 4.69. The summed E-state index contributed by atoms with van der Waals surface area (Å²) in [7, 11) is 0. The molecule has 0 bridgehead atoms. The summed E-state index contributed by atoms with van der Waals surface area (Å²) < 4.78 is 0. The van der Waals surface area contributed by atoms with Gasteiger partial charge in [-0.2, -0.15) is 0 Å². The van der Waals surface area contributed by atoms with Gasteiger partial charge in [-0.15, -0.1) is 0 Å². The third-order valence-corrected chi connectivity index (χ3v) is 8.78. The molecule has 0 radical (unpaired) electrons. The minimum atomic E-state index is 0.253. The lowest BCUT2D eigenvalue weighted by molar-refractivity contribution is 0.437. The average molecular weight is 410 g/mol. The van der Waals surface area contributed by atoms with Gasteiger partial charge in [-0.25, -0.2) is 0 Å². The van der Waals surface area contributed by atoms with Crippen LogP contribution in [0.4, 0.5) is 11.4 Å². The average Bonchev–Trinajstić information content (AvgIpc) is 2.75. The van der Waals surface area contributed by atoms with Crippen LogP contribution < -0.4 is 4.90 Å². The Kier molecular flexibility index (Phi) is 6.44. The summed E-state index contributed by atoms with van der Waals surface area (Å²) in [5, 5.41) is 0. The Morgan fingerprint density at radius 1 is 0.724 bits per heavy atom. The van der Waals surface area contributed by atoms with Gasteiger partial charge in [0, 0.05) is 15.8 Å².